The van der Waals surface area contributed by atoms with Gasteiger partial charge in [0.1, 0.15) is 11.6 Å². The van der Waals surface area contributed by atoms with Crippen LogP contribution in [-0.2, 0) is 4.74 Å². The second kappa shape index (κ2) is 8.21. The van der Waals surface area contributed by atoms with Crippen molar-refractivity contribution in [3.05, 3.63) is 65.2 Å². The van der Waals surface area contributed by atoms with Gasteiger partial charge in [0, 0.05) is 55.6 Å². The summed E-state index contributed by atoms with van der Waals surface area (Å²) in [5.41, 5.74) is 4.18. The molecule has 2 aromatic heterocycles. The van der Waals surface area contributed by atoms with Gasteiger partial charge in [-0.05, 0) is 49.9 Å². The van der Waals surface area contributed by atoms with Gasteiger partial charge in [0.2, 0.25) is 5.78 Å². The second-order valence-electron chi connectivity index (χ2n) is 9.84. The van der Waals surface area contributed by atoms with Crippen LogP contribution in [0.4, 0.5) is 15.9 Å². The fourth-order valence-electron chi connectivity index (χ4n) is 5.60. The van der Waals surface area contributed by atoms with Crippen molar-refractivity contribution in [2.45, 2.75) is 32.7 Å². The van der Waals surface area contributed by atoms with Crippen LogP contribution in [0.15, 0.2) is 42.7 Å². The average molecular weight is 471 g/mol. The van der Waals surface area contributed by atoms with E-state index in [0.717, 1.165) is 55.7 Å². The van der Waals surface area contributed by atoms with Gasteiger partial charge >= 0.3 is 0 Å². The molecule has 4 aromatic rings. The minimum Gasteiger partial charge on any atom is -0.381 e. The quantitative estimate of drug-likeness (QED) is 0.453. The Hall–Kier alpha value is -3.70. The molecular formula is C27H27FN6O. The van der Waals surface area contributed by atoms with Crippen molar-refractivity contribution >= 4 is 28.2 Å². The molecule has 2 saturated heterocycles. The summed E-state index contributed by atoms with van der Waals surface area (Å²) in [6.07, 6.45) is 5.53. The van der Waals surface area contributed by atoms with Crippen molar-refractivity contribution < 1.29 is 9.13 Å². The van der Waals surface area contributed by atoms with Crippen LogP contribution in [0.5, 0.6) is 0 Å². The van der Waals surface area contributed by atoms with E-state index in [1.54, 1.807) is 18.5 Å². The minimum atomic E-state index is -0.239. The van der Waals surface area contributed by atoms with Crippen LogP contribution in [-0.4, -0.2) is 40.7 Å². The van der Waals surface area contributed by atoms with E-state index in [1.165, 1.54) is 0 Å². The van der Waals surface area contributed by atoms with Gasteiger partial charge in [-0.3, -0.25) is 4.40 Å². The number of hydrogen-bond donors (Lipinski definition) is 1. The first-order valence-corrected chi connectivity index (χ1v) is 12.0. The van der Waals surface area contributed by atoms with Crippen molar-refractivity contribution in [3.63, 3.8) is 0 Å². The lowest BCUT2D eigenvalue weighted by Crippen LogP contribution is -2.58. The van der Waals surface area contributed by atoms with Crippen LogP contribution in [0.25, 0.3) is 16.7 Å². The fourth-order valence-corrected chi connectivity index (χ4v) is 5.60. The molecular weight excluding hydrogens is 443 g/mol. The fraction of sp³-hybridized carbons (Fsp3) is 0.370. The molecule has 0 aliphatic carbocycles. The highest BCUT2D eigenvalue weighted by molar-refractivity contribution is 5.94. The summed E-state index contributed by atoms with van der Waals surface area (Å²) < 4.78 is 22.8. The number of imidazole rings is 1. The Morgan fingerprint density at radius 2 is 2.03 bits per heavy atom. The number of nitrogens with zero attached hydrogens (tertiary/aromatic N) is 5. The van der Waals surface area contributed by atoms with E-state index in [1.807, 2.05) is 42.5 Å². The third kappa shape index (κ3) is 3.58. The average Bonchev–Trinajstić information content (AvgIpc) is 3.32. The van der Waals surface area contributed by atoms with Gasteiger partial charge in [0.25, 0.3) is 0 Å². The van der Waals surface area contributed by atoms with E-state index in [0.29, 0.717) is 28.4 Å². The Kier molecular flexibility index (Phi) is 5.11. The molecule has 2 aliphatic rings. The zero-order valence-electron chi connectivity index (χ0n) is 19.9. The summed E-state index contributed by atoms with van der Waals surface area (Å²) >= 11 is 0. The normalized spacial score (nSPS) is 17.9. The third-order valence-electron chi connectivity index (χ3n) is 7.68. The van der Waals surface area contributed by atoms with Crippen LogP contribution in [0.3, 0.4) is 0 Å². The number of nitriles is 1. The monoisotopic (exact) mass is 470 g/mol. The van der Waals surface area contributed by atoms with Crippen molar-refractivity contribution in [3.8, 4) is 6.07 Å². The molecule has 2 aromatic carbocycles. The number of aromatic nitrogens is 3. The molecule has 0 radical (unpaired) electrons. The molecule has 8 heteroatoms. The van der Waals surface area contributed by atoms with Gasteiger partial charge in [-0.25, -0.2) is 9.37 Å². The van der Waals surface area contributed by atoms with Crippen LogP contribution < -0.4 is 10.2 Å². The molecule has 2 aliphatic heterocycles. The molecule has 1 atom stereocenters. The Morgan fingerprint density at radius 1 is 1.23 bits per heavy atom. The van der Waals surface area contributed by atoms with Gasteiger partial charge in [-0.2, -0.15) is 10.2 Å². The highest BCUT2D eigenvalue weighted by atomic mass is 19.1. The summed E-state index contributed by atoms with van der Waals surface area (Å²) in [4.78, 5) is 11.3. The molecule has 0 amide bonds. The lowest BCUT2D eigenvalue weighted by atomic mass is 9.73. The number of rotatable bonds is 4. The highest BCUT2D eigenvalue weighted by Gasteiger charge is 2.44. The van der Waals surface area contributed by atoms with Crippen LogP contribution in [0.2, 0.25) is 0 Å². The number of nitrogens with one attached hydrogen (secondary N) is 1. The Labute approximate surface area is 203 Å². The van der Waals surface area contributed by atoms with Gasteiger partial charge in [-0.1, -0.05) is 12.1 Å². The van der Waals surface area contributed by atoms with E-state index in [4.69, 9.17) is 9.72 Å². The first kappa shape index (κ1) is 21.8. The molecule has 2 fully saturated rings. The number of fused-ring (bicyclic) bond motifs is 3. The minimum absolute atomic E-state index is 0.112. The second-order valence-corrected chi connectivity index (χ2v) is 9.84. The summed E-state index contributed by atoms with van der Waals surface area (Å²) in [7, 11) is 0. The van der Waals surface area contributed by atoms with E-state index in [2.05, 4.69) is 21.3 Å². The van der Waals surface area contributed by atoms with E-state index < -0.39 is 0 Å². The Balaban J connectivity index is 1.40. The van der Waals surface area contributed by atoms with Gasteiger partial charge in [0.05, 0.1) is 28.9 Å². The molecule has 178 valence electrons. The van der Waals surface area contributed by atoms with E-state index in [9.17, 15) is 5.26 Å². The largest absolute Gasteiger partial charge is 0.381 e. The molecule has 0 saturated carbocycles. The SMILES string of the molecule is Cc1c(C#N)cccc1C(C)Nc1nc2nccn2c2cc(F)c(N3CC4(CCOCC4)C3)cc12. The maximum absolute atomic E-state index is 15.4. The summed E-state index contributed by atoms with van der Waals surface area (Å²) in [5.74, 6) is 0.916. The first-order valence-electron chi connectivity index (χ1n) is 12.0. The molecule has 1 spiro atoms. The highest BCUT2D eigenvalue weighted by Crippen LogP contribution is 2.44. The zero-order valence-corrected chi connectivity index (χ0v) is 19.9. The first-order chi connectivity index (χ1) is 17.0. The van der Waals surface area contributed by atoms with Crippen LogP contribution in [0, 0.1) is 29.5 Å². The number of benzene rings is 2. The predicted molar refractivity (Wildman–Crippen MR) is 133 cm³/mol. The number of halogens is 1. The number of ether oxygens (including phenoxy) is 1. The number of hydrogen-bond acceptors (Lipinski definition) is 6. The van der Waals surface area contributed by atoms with Crippen molar-refractivity contribution in [2.75, 3.05) is 36.5 Å². The summed E-state index contributed by atoms with van der Waals surface area (Å²) in [6.45, 7) is 7.27. The van der Waals surface area contributed by atoms with Gasteiger partial charge < -0.3 is 15.0 Å². The maximum atomic E-state index is 15.4. The summed E-state index contributed by atoms with van der Waals surface area (Å²) in [6, 6.07) is 11.4. The molecule has 35 heavy (non-hydrogen) atoms. The van der Waals surface area contributed by atoms with E-state index in [-0.39, 0.29) is 17.3 Å². The maximum Gasteiger partial charge on any atom is 0.236 e. The Bertz CT molecular complexity index is 1470. The standard InChI is InChI=1S/C27H27FN6O/c1-17-19(14-29)4-3-5-20(17)18(2)31-25-21-12-24(33-15-27(16-33)6-10-35-11-7-27)22(28)13-23(21)34-9-8-30-26(34)32-25/h3-5,8-9,12-13,18H,6-7,10-11,15-16H2,1-2H3,(H,30,31,32). The Morgan fingerprint density at radius 3 is 2.80 bits per heavy atom. The van der Waals surface area contributed by atoms with E-state index >= 15 is 4.39 Å². The van der Waals surface area contributed by atoms with Crippen molar-refractivity contribution in [1.82, 2.24) is 14.4 Å². The molecule has 1 unspecified atom stereocenters. The molecule has 1 N–H and O–H groups in total. The van der Waals surface area contributed by atoms with Gasteiger partial charge in [0.15, 0.2) is 0 Å². The topological polar surface area (TPSA) is 78.5 Å². The van der Waals surface area contributed by atoms with Gasteiger partial charge in [-0.15, -0.1) is 0 Å². The van der Waals surface area contributed by atoms with Crippen LogP contribution >= 0.6 is 0 Å². The molecule has 4 heterocycles. The lowest BCUT2D eigenvalue weighted by Gasteiger charge is -2.53. The molecule has 7 nitrogen and oxygen atoms in total. The van der Waals surface area contributed by atoms with Crippen LogP contribution in [0.1, 0.15) is 42.5 Å². The molecule has 0 bridgehead atoms. The summed E-state index contributed by atoms with van der Waals surface area (Å²) in [5, 5.41) is 13.8. The van der Waals surface area contributed by atoms with Crippen molar-refractivity contribution in [2.24, 2.45) is 5.41 Å². The smallest absolute Gasteiger partial charge is 0.236 e. The third-order valence-corrected chi connectivity index (χ3v) is 7.68. The lowest BCUT2D eigenvalue weighted by molar-refractivity contribution is -0.000378. The zero-order chi connectivity index (χ0) is 24.2. The number of anilines is 2. The molecule has 6 rings (SSSR count). The predicted octanol–water partition coefficient (Wildman–Crippen LogP) is 4.99. The van der Waals surface area contributed by atoms with Crippen molar-refractivity contribution in [1.29, 1.82) is 5.26 Å².